The molecule has 76 valence electrons. The van der Waals surface area contributed by atoms with Gasteiger partial charge in [0.25, 0.3) is 0 Å². The highest BCUT2D eigenvalue weighted by Crippen LogP contribution is 2.15. The van der Waals surface area contributed by atoms with Crippen molar-refractivity contribution in [2.75, 3.05) is 7.11 Å². The minimum Gasteiger partial charge on any atom is -0.465 e. The summed E-state index contributed by atoms with van der Waals surface area (Å²) in [5, 5.41) is 8.47. The van der Waals surface area contributed by atoms with Gasteiger partial charge >= 0.3 is 5.97 Å². The molecule has 0 saturated carbocycles. The fourth-order valence-electron chi connectivity index (χ4n) is 1.19. The lowest BCUT2D eigenvalue weighted by atomic mass is 10.1. The molecule has 0 aliphatic carbocycles. The van der Waals surface area contributed by atoms with Crippen molar-refractivity contribution >= 4 is 11.5 Å². The van der Waals surface area contributed by atoms with Crippen molar-refractivity contribution in [2.45, 2.75) is 6.42 Å². The molecule has 0 saturated heterocycles. The van der Waals surface area contributed by atoms with Crippen molar-refractivity contribution < 1.29 is 9.53 Å². The quantitative estimate of drug-likeness (QED) is 0.556. The normalized spacial score (nSPS) is 10.5. The number of allylic oxidation sites excluding steroid dienone is 1. The van der Waals surface area contributed by atoms with E-state index < -0.39 is 5.97 Å². The van der Waals surface area contributed by atoms with E-state index in [0.29, 0.717) is 5.57 Å². The molecular weight excluding hydrogens is 190 g/mol. The smallest absolute Gasteiger partial charge is 0.338 e. The molecule has 15 heavy (non-hydrogen) atoms. The zero-order chi connectivity index (χ0) is 11.1. The van der Waals surface area contributed by atoms with Crippen LogP contribution in [0.5, 0.6) is 0 Å². The predicted molar refractivity (Wildman–Crippen MR) is 56.7 cm³/mol. The summed E-state index contributed by atoms with van der Waals surface area (Å²) in [6.45, 7) is 0. The summed E-state index contributed by atoms with van der Waals surface area (Å²) < 4.78 is 4.65. The number of rotatable bonds is 3. The Balaban J connectivity index is 3.03. The largest absolute Gasteiger partial charge is 0.465 e. The fourth-order valence-corrected chi connectivity index (χ4v) is 1.19. The maximum atomic E-state index is 11.4. The molecule has 0 aliphatic rings. The van der Waals surface area contributed by atoms with Gasteiger partial charge < -0.3 is 4.74 Å². The molecule has 1 aromatic carbocycles. The average Bonchev–Trinajstić information content (AvgIpc) is 2.30. The van der Waals surface area contributed by atoms with Gasteiger partial charge in [-0.3, -0.25) is 0 Å². The van der Waals surface area contributed by atoms with Crippen LogP contribution in [0, 0.1) is 11.3 Å². The maximum Gasteiger partial charge on any atom is 0.338 e. The molecule has 0 N–H and O–H groups in total. The van der Waals surface area contributed by atoms with Gasteiger partial charge in [0.05, 0.1) is 25.2 Å². The first-order valence-corrected chi connectivity index (χ1v) is 4.50. The number of carbonyl (C=O) groups excluding carboxylic acids is 1. The molecule has 0 radical (unpaired) electrons. The highest BCUT2D eigenvalue weighted by atomic mass is 16.5. The van der Waals surface area contributed by atoms with Gasteiger partial charge in [0.15, 0.2) is 0 Å². The number of nitriles is 1. The van der Waals surface area contributed by atoms with E-state index in [1.54, 1.807) is 18.2 Å². The van der Waals surface area contributed by atoms with Crippen LogP contribution in [0.15, 0.2) is 36.4 Å². The van der Waals surface area contributed by atoms with E-state index in [2.05, 4.69) is 4.74 Å². The van der Waals surface area contributed by atoms with Crippen LogP contribution < -0.4 is 0 Å². The van der Waals surface area contributed by atoms with Crippen molar-refractivity contribution in [1.29, 1.82) is 5.26 Å². The highest BCUT2D eigenvalue weighted by Gasteiger charge is 2.10. The fraction of sp³-hybridized carbons (Fsp3) is 0.167. The second kappa shape index (κ2) is 5.61. The molecule has 0 bridgehead atoms. The zero-order valence-electron chi connectivity index (χ0n) is 8.43. The molecule has 0 atom stereocenters. The minimum atomic E-state index is -0.420. The van der Waals surface area contributed by atoms with Crippen LogP contribution in [0.25, 0.3) is 5.57 Å². The molecule has 1 rings (SSSR count). The van der Waals surface area contributed by atoms with Crippen molar-refractivity contribution in [2.24, 2.45) is 0 Å². The number of methoxy groups -OCH3 is 1. The van der Waals surface area contributed by atoms with Crippen LogP contribution >= 0.6 is 0 Å². The second-order valence-electron chi connectivity index (χ2n) is 2.84. The van der Waals surface area contributed by atoms with E-state index in [0.717, 1.165) is 5.56 Å². The number of ether oxygens (including phenoxy) is 1. The molecule has 0 aliphatic heterocycles. The first-order valence-electron chi connectivity index (χ1n) is 4.50. The monoisotopic (exact) mass is 201 g/mol. The Kier molecular flexibility index (Phi) is 4.11. The number of nitrogens with zero attached hydrogens (tertiary/aromatic N) is 1. The summed E-state index contributed by atoms with van der Waals surface area (Å²) in [6.07, 6.45) is 1.76. The van der Waals surface area contributed by atoms with E-state index in [1.807, 2.05) is 24.3 Å². The molecule has 1 aromatic rings. The number of hydrogen-bond acceptors (Lipinski definition) is 3. The second-order valence-corrected chi connectivity index (χ2v) is 2.84. The lowest BCUT2D eigenvalue weighted by Gasteiger charge is -2.04. The van der Waals surface area contributed by atoms with E-state index >= 15 is 0 Å². The van der Waals surface area contributed by atoms with Crippen molar-refractivity contribution in [3.8, 4) is 6.07 Å². The molecule has 0 aromatic heterocycles. The molecule has 0 spiro atoms. The van der Waals surface area contributed by atoms with Gasteiger partial charge in [0.1, 0.15) is 0 Å². The van der Waals surface area contributed by atoms with Crippen LogP contribution in [0.4, 0.5) is 0 Å². The summed E-state index contributed by atoms with van der Waals surface area (Å²) >= 11 is 0. The highest BCUT2D eigenvalue weighted by molar-refractivity contribution is 6.16. The number of hydrogen-bond donors (Lipinski definition) is 0. The van der Waals surface area contributed by atoms with Crippen molar-refractivity contribution in [3.63, 3.8) is 0 Å². The van der Waals surface area contributed by atoms with Crippen LogP contribution in [-0.4, -0.2) is 13.1 Å². The Morgan fingerprint density at radius 3 is 2.67 bits per heavy atom. The summed E-state index contributed by atoms with van der Waals surface area (Å²) in [4.78, 5) is 11.4. The molecule has 3 heteroatoms. The van der Waals surface area contributed by atoms with Gasteiger partial charge in [-0.15, -0.1) is 0 Å². The third kappa shape index (κ3) is 2.96. The lowest BCUT2D eigenvalue weighted by Crippen LogP contribution is -2.03. The standard InChI is InChI=1S/C12H11NO2/c1-15-12(14)11(8-5-9-13)10-6-3-2-4-7-10/h2-4,6-8H,5H2,1H3/b11-8+. The first-order chi connectivity index (χ1) is 7.29. The van der Waals surface area contributed by atoms with E-state index in [-0.39, 0.29) is 6.42 Å². The molecule has 0 fully saturated rings. The molecular formula is C12H11NO2. The average molecular weight is 201 g/mol. The van der Waals surface area contributed by atoms with Crippen molar-refractivity contribution in [3.05, 3.63) is 42.0 Å². The topological polar surface area (TPSA) is 50.1 Å². The SMILES string of the molecule is COC(=O)/C(=C/CC#N)c1ccccc1. The Morgan fingerprint density at radius 2 is 2.13 bits per heavy atom. The molecule has 3 nitrogen and oxygen atoms in total. The van der Waals surface area contributed by atoms with E-state index in [9.17, 15) is 4.79 Å². The minimum absolute atomic E-state index is 0.194. The number of esters is 1. The molecule has 0 amide bonds. The zero-order valence-corrected chi connectivity index (χ0v) is 8.43. The maximum absolute atomic E-state index is 11.4. The Morgan fingerprint density at radius 1 is 1.47 bits per heavy atom. The first kappa shape index (κ1) is 11.0. The summed E-state index contributed by atoms with van der Waals surface area (Å²) in [5.74, 6) is -0.420. The molecule has 0 heterocycles. The van der Waals surface area contributed by atoms with E-state index in [1.165, 1.54) is 7.11 Å². The molecule has 0 unspecified atom stereocenters. The summed E-state index contributed by atoms with van der Waals surface area (Å²) in [5.41, 5.74) is 1.19. The summed E-state index contributed by atoms with van der Waals surface area (Å²) in [7, 11) is 1.32. The van der Waals surface area contributed by atoms with Gasteiger partial charge in [0, 0.05) is 0 Å². The van der Waals surface area contributed by atoms with E-state index in [4.69, 9.17) is 5.26 Å². The van der Waals surface area contributed by atoms with Gasteiger partial charge in [-0.2, -0.15) is 5.26 Å². The number of benzene rings is 1. The van der Waals surface area contributed by atoms with Gasteiger partial charge in [-0.25, -0.2) is 4.79 Å². The van der Waals surface area contributed by atoms with Crippen LogP contribution in [0.3, 0.4) is 0 Å². The van der Waals surface area contributed by atoms with Gasteiger partial charge in [0.2, 0.25) is 0 Å². The van der Waals surface area contributed by atoms with Crippen molar-refractivity contribution in [1.82, 2.24) is 0 Å². The Hall–Kier alpha value is -2.08. The third-order valence-electron chi connectivity index (χ3n) is 1.89. The Labute approximate surface area is 88.6 Å². The van der Waals surface area contributed by atoms with Gasteiger partial charge in [-0.1, -0.05) is 36.4 Å². The number of carbonyl (C=O) groups is 1. The summed E-state index contributed by atoms with van der Waals surface area (Å²) in [6, 6.07) is 11.1. The van der Waals surface area contributed by atoms with Crippen LogP contribution in [0.2, 0.25) is 0 Å². The van der Waals surface area contributed by atoms with Crippen LogP contribution in [-0.2, 0) is 9.53 Å². The van der Waals surface area contributed by atoms with Gasteiger partial charge in [-0.05, 0) is 5.56 Å². The van der Waals surface area contributed by atoms with Crippen LogP contribution in [0.1, 0.15) is 12.0 Å². The Bertz CT molecular complexity index is 401. The predicted octanol–water partition coefficient (Wildman–Crippen LogP) is 2.16. The third-order valence-corrected chi connectivity index (χ3v) is 1.89. The lowest BCUT2D eigenvalue weighted by molar-refractivity contribution is -0.133.